The van der Waals surface area contributed by atoms with E-state index in [2.05, 4.69) is 4.72 Å². The molecule has 1 aliphatic rings. The number of aliphatic hydroxyl groups is 1. The molecule has 0 unspecified atom stereocenters. The molecule has 0 aliphatic carbocycles. The van der Waals surface area contributed by atoms with Gasteiger partial charge in [0.05, 0.1) is 23.7 Å². The van der Waals surface area contributed by atoms with Crippen molar-refractivity contribution < 1.29 is 27.7 Å². The zero-order valence-electron chi connectivity index (χ0n) is 20.9. The highest BCUT2D eigenvalue weighted by Gasteiger charge is 2.32. The van der Waals surface area contributed by atoms with Crippen LogP contribution in [0.3, 0.4) is 0 Å². The highest BCUT2D eigenvalue weighted by molar-refractivity contribution is 7.99. The minimum absolute atomic E-state index is 0.0382. The first kappa shape index (κ1) is 27.2. The number of aliphatic hydroxyl groups excluding tert-OH is 1. The van der Waals surface area contributed by atoms with E-state index in [4.69, 9.17) is 9.47 Å². The molecule has 2 N–H and O–H groups in total. The van der Waals surface area contributed by atoms with E-state index >= 15 is 0 Å². The Morgan fingerprint density at radius 3 is 2.28 bits per heavy atom. The predicted octanol–water partition coefficient (Wildman–Crippen LogP) is 4.95. The Morgan fingerprint density at radius 1 is 0.897 bits per heavy atom. The monoisotopic (exact) mass is 564 g/mol. The smallest absolute Gasteiger partial charge is 0.261 e. The second kappa shape index (κ2) is 12.2. The molecule has 2 heterocycles. The minimum Gasteiger partial charge on any atom is -0.618 e. The normalized spacial score (nSPS) is 19.5. The highest BCUT2D eigenvalue weighted by atomic mass is 32.2. The predicted molar refractivity (Wildman–Crippen MR) is 148 cm³/mol. The molecular formula is C29H28N2O6S2. The number of ether oxygens (including phenoxy) is 2. The third-order valence-corrected chi connectivity index (χ3v) is 8.86. The molecule has 1 aromatic heterocycles. The summed E-state index contributed by atoms with van der Waals surface area (Å²) in [6, 6.07) is 28.0. The van der Waals surface area contributed by atoms with E-state index in [0.717, 1.165) is 21.4 Å². The van der Waals surface area contributed by atoms with Crippen molar-refractivity contribution in [3.05, 3.63) is 125 Å². The molecule has 0 saturated carbocycles. The lowest BCUT2D eigenvalue weighted by molar-refractivity contribution is -0.645. The number of nitrogens with zero attached hydrogens (tertiary/aromatic N) is 1. The maximum Gasteiger partial charge on any atom is 0.261 e. The summed E-state index contributed by atoms with van der Waals surface area (Å²) in [6.07, 6.45) is 0.876. The maximum atomic E-state index is 12.7. The second-order valence-electron chi connectivity index (χ2n) is 9.07. The molecule has 10 heteroatoms. The van der Waals surface area contributed by atoms with Gasteiger partial charge in [-0.05, 0) is 41.5 Å². The van der Waals surface area contributed by atoms with Crippen molar-refractivity contribution in [3.8, 4) is 0 Å². The third-order valence-electron chi connectivity index (χ3n) is 6.31. The average Bonchev–Trinajstić information content (AvgIpc) is 2.97. The molecule has 202 valence electrons. The highest BCUT2D eigenvalue weighted by Crippen LogP contribution is 2.39. The molecule has 1 saturated heterocycles. The van der Waals surface area contributed by atoms with Crippen LogP contribution in [0.4, 0.5) is 5.69 Å². The Bertz CT molecular complexity index is 1480. The Kier molecular flexibility index (Phi) is 8.49. The fraction of sp³-hybridized carbons (Fsp3) is 0.207. The molecule has 3 atom stereocenters. The van der Waals surface area contributed by atoms with E-state index in [0.29, 0.717) is 22.9 Å². The van der Waals surface area contributed by atoms with Gasteiger partial charge in [0.25, 0.3) is 15.0 Å². The molecule has 1 fully saturated rings. The van der Waals surface area contributed by atoms with Crippen molar-refractivity contribution in [2.24, 2.45) is 0 Å². The summed E-state index contributed by atoms with van der Waals surface area (Å²) in [7, 11) is -3.71. The van der Waals surface area contributed by atoms with Crippen molar-refractivity contribution in [1.29, 1.82) is 0 Å². The van der Waals surface area contributed by atoms with Crippen LogP contribution in [0, 0.1) is 5.21 Å². The molecule has 0 amide bonds. The van der Waals surface area contributed by atoms with Crippen molar-refractivity contribution in [2.45, 2.75) is 41.4 Å². The van der Waals surface area contributed by atoms with Crippen LogP contribution >= 0.6 is 11.8 Å². The van der Waals surface area contributed by atoms with Gasteiger partial charge in [-0.25, -0.2) is 8.42 Å². The van der Waals surface area contributed by atoms with Crippen LogP contribution in [0.15, 0.2) is 113 Å². The zero-order chi connectivity index (χ0) is 27.2. The van der Waals surface area contributed by atoms with E-state index in [1.807, 2.05) is 30.3 Å². The average molecular weight is 565 g/mol. The minimum atomic E-state index is -3.71. The second-order valence-corrected chi connectivity index (χ2v) is 11.8. The summed E-state index contributed by atoms with van der Waals surface area (Å²) in [6.45, 7) is -0.0382. The van der Waals surface area contributed by atoms with Gasteiger partial charge in [-0.15, -0.1) is 0 Å². The topological polar surface area (TPSA) is 112 Å². The van der Waals surface area contributed by atoms with Gasteiger partial charge in [0, 0.05) is 35.6 Å². The van der Waals surface area contributed by atoms with Crippen molar-refractivity contribution in [3.63, 3.8) is 0 Å². The maximum absolute atomic E-state index is 12.7. The first-order valence-corrected chi connectivity index (χ1v) is 14.9. The lowest BCUT2D eigenvalue weighted by Gasteiger charge is -2.36. The first-order valence-electron chi connectivity index (χ1n) is 12.4. The molecule has 39 heavy (non-hydrogen) atoms. The number of anilines is 1. The fourth-order valence-electron chi connectivity index (χ4n) is 4.25. The summed E-state index contributed by atoms with van der Waals surface area (Å²) in [5.41, 5.74) is 2.93. The Labute approximate surface area is 231 Å². The quantitative estimate of drug-likeness (QED) is 0.168. The number of pyridine rings is 1. The first-order chi connectivity index (χ1) is 18.9. The Hall–Kier alpha value is -3.41. The number of nitrogens with one attached hydrogen (secondary N) is 1. The Balaban J connectivity index is 1.34. The van der Waals surface area contributed by atoms with Gasteiger partial charge in [0.2, 0.25) is 0 Å². The SMILES string of the molecule is O=S(=O)(Nc1ccc([C@H]2O[C@@H](CSc3cccc[n+]3[O-])C[C@@H](c3ccc(CO)cc3)O2)cc1)c1ccccc1. The summed E-state index contributed by atoms with van der Waals surface area (Å²) >= 11 is 1.42. The number of thioether (sulfide) groups is 1. The number of hydrogen-bond acceptors (Lipinski definition) is 7. The van der Waals surface area contributed by atoms with Crippen molar-refractivity contribution >= 4 is 27.5 Å². The van der Waals surface area contributed by atoms with Gasteiger partial charge >= 0.3 is 0 Å². The molecule has 8 nitrogen and oxygen atoms in total. The van der Waals surface area contributed by atoms with Gasteiger partial charge in [0.15, 0.2) is 12.5 Å². The van der Waals surface area contributed by atoms with Crippen LogP contribution in [0.1, 0.15) is 35.5 Å². The van der Waals surface area contributed by atoms with E-state index in [9.17, 15) is 18.7 Å². The van der Waals surface area contributed by atoms with Gasteiger partial charge in [-0.2, -0.15) is 4.73 Å². The molecule has 0 bridgehead atoms. The Morgan fingerprint density at radius 2 is 1.59 bits per heavy atom. The fourth-order valence-corrected chi connectivity index (χ4v) is 6.26. The van der Waals surface area contributed by atoms with Crippen LogP contribution in [0.2, 0.25) is 0 Å². The van der Waals surface area contributed by atoms with E-state index in [1.54, 1.807) is 54.6 Å². The van der Waals surface area contributed by atoms with E-state index in [1.165, 1.54) is 30.1 Å². The molecule has 0 spiro atoms. The van der Waals surface area contributed by atoms with Crippen molar-refractivity contribution in [1.82, 2.24) is 0 Å². The van der Waals surface area contributed by atoms with E-state index in [-0.39, 0.29) is 23.7 Å². The lowest BCUT2D eigenvalue weighted by Crippen LogP contribution is -2.32. The number of hydrogen-bond donors (Lipinski definition) is 2. The number of rotatable bonds is 9. The van der Waals surface area contributed by atoms with Crippen LogP contribution in [-0.2, 0) is 26.1 Å². The number of benzene rings is 3. The van der Waals surface area contributed by atoms with Gasteiger partial charge in [0.1, 0.15) is 0 Å². The van der Waals surface area contributed by atoms with Crippen LogP contribution in [-0.4, -0.2) is 25.4 Å². The molecular weight excluding hydrogens is 536 g/mol. The van der Waals surface area contributed by atoms with Gasteiger partial charge in [-0.3, -0.25) is 4.72 Å². The summed E-state index contributed by atoms with van der Waals surface area (Å²) in [4.78, 5) is 0.182. The standard InChI is InChI=1S/C29H28N2O6S2/c32-19-21-9-11-22(12-10-21)27-18-25(20-38-28-8-4-5-17-31(28)33)36-29(37-27)23-13-15-24(16-14-23)30-39(34,35)26-6-2-1-3-7-26/h1-17,25,27,29-30,32H,18-20H2/t25-,27+,29+/m1/s1. The van der Waals surface area contributed by atoms with Crippen LogP contribution in [0.25, 0.3) is 0 Å². The summed E-state index contributed by atoms with van der Waals surface area (Å²) in [5, 5.41) is 22.1. The molecule has 4 aromatic rings. The van der Waals surface area contributed by atoms with Crippen molar-refractivity contribution in [2.75, 3.05) is 10.5 Å². The lowest BCUT2D eigenvalue weighted by atomic mass is 10.0. The molecule has 3 aromatic carbocycles. The van der Waals surface area contributed by atoms with Crippen LogP contribution < -0.4 is 9.45 Å². The van der Waals surface area contributed by atoms with Gasteiger partial charge < -0.3 is 19.8 Å². The number of aromatic nitrogens is 1. The largest absolute Gasteiger partial charge is 0.618 e. The van der Waals surface area contributed by atoms with E-state index < -0.39 is 16.3 Å². The zero-order valence-corrected chi connectivity index (χ0v) is 22.6. The van der Waals surface area contributed by atoms with Crippen LogP contribution in [0.5, 0.6) is 0 Å². The summed E-state index contributed by atoms with van der Waals surface area (Å²) < 4.78 is 41.5. The van der Waals surface area contributed by atoms with Gasteiger partial charge in [-0.1, -0.05) is 66.4 Å². The third kappa shape index (κ3) is 6.78. The molecule has 0 radical (unpaired) electrons. The molecule has 5 rings (SSSR count). The summed E-state index contributed by atoms with van der Waals surface area (Å²) in [5.74, 6) is 0.548. The molecule has 1 aliphatic heterocycles. The number of sulfonamides is 1.